The normalized spacial score (nSPS) is 11.7. The molecule has 0 fully saturated rings. The number of H-pyrrole nitrogens is 1. The third kappa shape index (κ3) is 2.67. The molecule has 0 saturated carbocycles. The second-order valence-corrected chi connectivity index (χ2v) is 4.94. The standard InChI is InChI=1S/C13H18N4O2/c1-4-13(3,5-2)16-12-14-10-7-6-9(17(18)19)8-11(10)15-12/h6-8H,4-5H2,1-3H3,(H2,14,15,16). The van der Waals surface area contributed by atoms with Crippen molar-refractivity contribution >= 4 is 22.7 Å². The number of nitro groups is 1. The molecule has 1 heterocycles. The molecule has 6 heteroatoms. The number of nitrogens with one attached hydrogen (secondary N) is 2. The predicted molar refractivity (Wildman–Crippen MR) is 75.4 cm³/mol. The average molecular weight is 262 g/mol. The number of hydrogen-bond donors (Lipinski definition) is 2. The number of aromatic nitrogens is 2. The molecule has 0 aliphatic carbocycles. The van der Waals surface area contributed by atoms with Gasteiger partial charge in [0.05, 0.1) is 16.0 Å². The van der Waals surface area contributed by atoms with Crippen molar-refractivity contribution in [2.75, 3.05) is 5.32 Å². The highest BCUT2D eigenvalue weighted by molar-refractivity contribution is 5.80. The maximum absolute atomic E-state index is 10.7. The molecule has 0 saturated heterocycles. The van der Waals surface area contributed by atoms with Crippen LogP contribution >= 0.6 is 0 Å². The lowest BCUT2D eigenvalue weighted by Gasteiger charge is -2.27. The van der Waals surface area contributed by atoms with Gasteiger partial charge in [-0.05, 0) is 25.8 Å². The minimum Gasteiger partial charge on any atom is -0.351 e. The van der Waals surface area contributed by atoms with Crippen LogP contribution in [-0.4, -0.2) is 20.4 Å². The topological polar surface area (TPSA) is 83.8 Å². The van der Waals surface area contributed by atoms with E-state index in [1.54, 1.807) is 6.07 Å². The Morgan fingerprint density at radius 2 is 2.11 bits per heavy atom. The fourth-order valence-corrected chi connectivity index (χ4v) is 1.88. The van der Waals surface area contributed by atoms with Crippen LogP contribution in [0.3, 0.4) is 0 Å². The molecule has 0 aliphatic heterocycles. The minimum absolute atomic E-state index is 0.0280. The number of nitro benzene ring substituents is 1. The second-order valence-electron chi connectivity index (χ2n) is 4.94. The van der Waals surface area contributed by atoms with E-state index < -0.39 is 4.92 Å². The minimum atomic E-state index is -0.407. The molecular weight excluding hydrogens is 244 g/mol. The fraction of sp³-hybridized carbons (Fsp3) is 0.462. The van der Waals surface area contributed by atoms with Gasteiger partial charge in [0.1, 0.15) is 0 Å². The summed E-state index contributed by atoms with van der Waals surface area (Å²) in [5.74, 6) is 0.654. The van der Waals surface area contributed by atoms with Crippen LogP contribution in [0.5, 0.6) is 0 Å². The Bertz CT molecular complexity index is 602. The molecule has 0 unspecified atom stereocenters. The van der Waals surface area contributed by atoms with Crippen molar-refractivity contribution in [2.24, 2.45) is 0 Å². The Labute approximate surface area is 111 Å². The smallest absolute Gasteiger partial charge is 0.271 e. The van der Waals surface area contributed by atoms with Crippen molar-refractivity contribution in [3.63, 3.8) is 0 Å². The first-order chi connectivity index (χ1) is 8.97. The average Bonchev–Trinajstić information content (AvgIpc) is 2.79. The lowest BCUT2D eigenvalue weighted by molar-refractivity contribution is -0.384. The van der Waals surface area contributed by atoms with Crippen LogP contribution in [-0.2, 0) is 0 Å². The predicted octanol–water partition coefficient (Wildman–Crippen LogP) is 3.46. The summed E-state index contributed by atoms with van der Waals surface area (Å²) in [4.78, 5) is 17.8. The highest BCUT2D eigenvalue weighted by atomic mass is 16.6. The van der Waals surface area contributed by atoms with E-state index in [4.69, 9.17) is 0 Å². The first kappa shape index (κ1) is 13.3. The lowest BCUT2D eigenvalue weighted by Crippen LogP contribution is -2.33. The molecule has 0 spiro atoms. The van der Waals surface area contributed by atoms with E-state index in [0.29, 0.717) is 11.5 Å². The first-order valence-electron chi connectivity index (χ1n) is 6.40. The third-order valence-electron chi connectivity index (χ3n) is 3.66. The van der Waals surface area contributed by atoms with Crippen LogP contribution in [0.1, 0.15) is 33.6 Å². The number of aromatic amines is 1. The third-order valence-corrected chi connectivity index (χ3v) is 3.66. The van der Waals surface area contributed by atoms with Crippen LogP contribution < -0.4 is 5.32 Å². The summed E-state index contributed by atoms with van der Waals surface area (Å²) in [6, 6.07) is 4.62. The Morgan fingerprint density at radius 1 is 1.42 bits per heavy atom. The maximum Gasteiger partial charge on any atom is 0.271 e. The molecule has 2 rings (SSSR count). The Balaban J connectivity index is 2.34. The number of rotatable bonds is 5. The molecule has 1 aromatic heterocycles. The van der Waals surface area contributed by atoms with E-state index in [0.717, 1.165) is 18.4 Å². The SMILES string of the molecule is CCC(C)(CC)Nc1nc2ccc([N+](=O)[O-])cc2[nH]1. The molecule has 0 aliphatic rings. The molecule has 19 heavy (non-hydrogen) atoms. The van der Waals surface area contributed by atoms with Crippen molar-refractivity contribution in [1.82, 2.24) is 9.97 Å². The van der Waals surface area contributed by atoms with E-state index in [1.807, 2.05) is 0 Å². The number of imidazole rings is 1. The van der Waals surface area contributed by atoms with E-state index in [1.165, 1.54) is 12.1 Å². The van der Waals surface area contributed by atoms with Crippen molar-refractivity contribution in [3.05, 3.63) is 28.3 Å². The van der Waals surface area contributed by atoms with Gasteiger partial charge in [0, 0.05) is 17.7 Å². The van der Waals surface area contributed by atoms with Gasteiger partial charge >= 0.3 is 0 Å². The highest BCUT2D eigenvalue weighted by Gasteiger charge is 2.20. The number of non-ortho nitro benzene ring substituents is 1. The molecule has 0 atom stereocenters. The van der Waals surface area contributed by atoms with Gasteiger partial charge in [-0.3, -0.25) is 10.1 Å². The van der Waals surface area contributed by atoms with Crippen LogP contribution in [0.2, 0.25) is 0 Å². The van der Waals surface area contributed by atoms with Gasteiger partial charge in [-0.15, -0.1) is 0 Å². The van der Waals surface area contributed by atoms with Gasteiger partial charge in [-0.25, -0.2) is 4.98 Å². The van der Waals surface area contributed by atoms with Gasteiger partial charge in [0.2, 0.25) is 5.95 Å². The van der Waals surface area contributed by atoms with Crippen molar-refractivity contribution in [2.45, 2.75) is 39.2 Å². The lowest BCUT2D eigenvalue weighted by atomic mass is 9.96. The molecule has 1 aromatic carbocycles. The second kappa shape index (κ2) is 4.87. The van der Waals surface area contributed by atoms with E-state index in [9.17, 15) is 10.1 Å². The summed E-state index contributed by atoms with van der Waals surface area (Å²) in [6.07, 6.45) is 1.95. The molecule has 6 nitrogen and oxygen atoms in total. The number of hydrogen-bond acceptors (Lipinski definition) is 4. The van der Waals surface area contributed by atoms with Gasteiger partial charge in [0.25, 0.3) is 5.69 Å². The zero-order chi connectivity index (χ0) is 14.0. The van der Waals surface area contributed by atoms with Gasteiger partial charge in [-0.2, -0.15) is 0 Å². The monoisotopic (exact) mass is 262 g/mol. The summed E-state index contributed by atoms with van der Waals surface area (Å²) < 4.78 is 0. The quantitative estimate of drug-likeness (QED) is 0.638. The van der Waals surface area contributed by atoms with Crippen molar-refractivity contribution in [1.29, 1.82) is 0 Å². The van der Waals surface area contributed by atoms with Crippen molar-refractivity contribution < 1.29 is 4.92 Å². The molecular formula is C13H18N4O2. The summed E-state index contributed by atoms with van der Waals surface area (Å²) in [7, 11) is 0. The Hall–Kier alpha value is -2.11. The Morgan fingerprint density at radius 3 is 2.68 bits per heavy atom. The van der Waals surface area contributed by atoms with Gasteiger partial charge in [0.15, 0.2) is 0 Å². The number of benzene rings is 1. The van der Waals surface area contributed by atoms with Crippen LogP contribution in [0.4, 0.5) is 11.6 Å². The molecule has 0 bridgehead atoms. The molecule has 0 amide bonds. The fourth-order valence-electron chi connectivity index (χ4n) is 1.88. The zero-order valence-corrected chi connectivity index (χ0v) is 11.4. The van der Waals surface area contributed by atoms with Crippen LogP contribution in [0.15, 0.2) is 18.2 Å². The number of fused-ring (bicyclic) bond motifs is 1. The highest BCUT2D eigenvalue weighted by Crippen LogP contribution is 2.24. The summed E-state index contributed by atoms with van der Waals surface area (Å²) in [5.41, 5.74) is 1.44. The number of nitrogens with zero attached hydrogens (tertiary/aromatic N) is 2. The molecule has 2 aromatic rings. The summed E-state index contributed by atoms with van der Waals surface area (Å²) in [5, 5.41) is 14.1. The van der Waals surface area contributed by atoms with Crippen molar-refractivity contribution in [3.8, 4) is 0 Å². The number of anilines is 1. The zero-order valence-electron chi connectivity index (χ0n) is 11.4. The van der Waals surface area contributed by atoms with E-state index in [-0.39, 0.29) is 11.2 Å². The van der Waals surface area contributed by atoms with E-state index >= 15 is 0 Å². The summed E-state index contributed by atoms with van der Waals surface area (Å²) >= 11 is 0. The van der Waals surface area contributed by atoms with Crippen LogP contribution in [0.25, 0.3) is 11.0 Å². The van der Waals surface area contributed by atoms with Crippen LogP contribution in [0, 0.1) is 10.1 Å². The largest absolute Gasteiger partial charge is 0.351 e. The molecule has 102 valence electrons. The summed E-state index contributed by atoms with van der Waals surface area (Å²) in [6.45, 7) is 6.36. The Kier molecular flexibility index (Phi) is 3.42. The van der Waals surface area contributed by atoms with Gasteiger partial charge < -0.3 is 10.3 Å². The van der Waals surface area contributed by atoms with E-state index in [2.05, 4.69) is 36.1 Å². The molecule has 0 radical (unpaired) electrons. The molecule has 2 N–H and O–H groups in total. The maximum atomic E-state index is 10.7. The van der Waals surface area contributed by atoms with Gasteiger partial charge in [-0.1, -0.05) is 13.8 Å². The first-order valence-corrected chi connectivity index (χ1v) is 6.40.